The van der Waals surface area contributed by atoms with Gasteiger partial charge in [-0.15, -0.1) is 11.3 Å². The van der Waals surface area contributed by atoms with Crippen LogP contribution in [-0.2, 0) is 0 Å². The Labute approximate surface area is 120 Å². The van der Waals surface area contributed by atoms with E-state index in [-0.39, 0.29) is 17.9 Å². The van der Waals surface area contributed by atoms with Crippen molar-refractivity contribution in [1.29, 1.82) is 0 Å². The first-order chi connectivity index (χ1) is 9.66. The number of aliphatic hydroxyl groups excluding tert-OH is 1. The molecule has 0 radical (unpaired) electrons. The summed E-state index contributed by atoms with van der Waals surface area (Å²) in [7, 11) is 0. The summed E-state index contributed by atoms with van der Waals surface area (Å²) in [4.78, 5) is 21.6. The van der Waals surface area contributed by atoms with Crippen LogP contribution in [0.4, 0.5) is 5.69 Å². The van der Waals surface area contributed by atoms with Gasteiger partial charge in [-0.25, -0.2) is 9.97 Å². The smallest absolute Gasteiger partial charge is 0.263 e. The van der Waals surface area contributed by atoms with E-state index in [0.717, 1.165) is 19.3 Å². The van der Waals surface area contributed by atoms with Gasteiger partial charge in [0.05, 0.1) is 11.8 Å². The average molecular weight is 292 g/mol. The number of nitrogens with one attached hydrogen (secondary N) is 1. The van der Waals surface area contributed by atoms with Crippen molar-refractivity contribution < 1.29 is 9.90 Å². The molecule has 2 unspecified atom stereocenters. The zero-order valence-electron chi connectivity index (χ0n) is 10.9. The summed E-state index contributed by atoms with van der Waals surface area (Å²) in [5.41, 5.74) is 6.90. The fourth-order valence-corrected chi connectivity index (χ4v) is 3.51. The highest BCUT2D eigenvalue weighted by atomic mass is 32.1. The van der Waals surface area contributed by atoms with Crippen molar-refractivity contribution in [2.75, 3.05) is 12.3 Å². The molecule has 2 aromatic rings. The van der Waals surface area contributed by atoms with Crippen molar-refractivity contribution in [3.8, 4) is 0 Å². The Morgan fingerprint density at radius 2 is 2.25 bits per heavy atom. The summed E-state index contributed by atoms with van der Waals surface area (Å²) in [5.74, 6) is -0.0720. The van der Waals surface area contributed by atoms with Crippen molar-refractivity contribution >= 4 is 33.3 Å². The van der Waals surface area contributed by atoms with Gasteiger partial charge in [0.2, 0.25) is 0 Å². The second-order valence-electron chi connectivity index (χ2n) is 5.02. The molecular formula is C13H16N4O2S. The van der Waals surface area contributed by atoms with Crippen molar-refractivity contribution in [1.82, 2.24) is 15.3 Å². The molecular weight excluding hydrogens is 276 g/mol. The Morgan fingerprint density at radius 3 is 2.95 bits per heavy atom. The van der Waals surface area contributed by atoms with E-state index in [4.69, 9.17) is 5.73 Å². The molecule has 1 amide bonds. The van der Waals surface area contributed by atoms with Crippen LogP contribution in [0.3, 0.4) is 0 Å². The number of fused-ring (bicyclic) bond motifs is 1. The molecule has 3 rings (SSSR count). The number of anilines is 1. The van der Waals surface area contributed by atoms with Crippen LogP contribution in [-0.4, -0.2) is 33.6 Å². The molecule has 0 saturated heterocycles. The lowest BCUT2D eigenvalue weighted by molar-refractivity contribution is 0.0921. The number of thiophene rings is 1. The van der Waals surface area contributed by atoms with Gasteiger partial charge in [0.1, 0.15) is 15.2 Å². The molecule has 2 heterocycles. The SMILES string of the molecule is Nc1c(C(=O)NCC2CCCC2O)sc2nccnc12. The molecule has 1 aliphatic carbocycles. The van der Waals surface area contributed by atoms with Crippen LogP contribution in [0.5, 0.6) is 0 Å². The van der Waals surface area contributed by atoms with E-state index < -0.39 is 0 Å². The van der Waals surface area contributed by atoms with Crippen molar-refractivity contribution in [2.24, 2.45) is 5.92 Å². The Morgan fingerprint density at radius 1 is 1.45 bits per heavy atom. The van der Waals surface area contributed by atoms with Crippen LogP contribution >= 0.6 is 11.3 Å². The third-order valence-electron chi connectivity index (χ3n) is 3.71. The van der Waals surface area contributed by atoms with Gasteiger partial charge < -0.3 is 16.2 Å². The Balaban J connectivity index is 1.74. The Hall–Kier alpha value is -1.73. The molecule has 0 aliphatic heterocycles. The first-order valence-electron chi connectivity index (χ1n) is 6.62. The van der Waals surface area contributed by atoms with Crippen LogP contribution in [0.25, 0.3) is 10.3 Å². The van der Waals surface area contributed by atoms with E-state index in [9.17, 15) is 9.90 Å². The quantitative estimate of drug-likeness (QED) is 0.788. The van der Waals surface area contributed by atoms with Crippen molar-refractivity contribution in [3.05, 3.63) is 17.3 Å². The highest BCUT2D eigenvalue weighted by Crippen LogP contribution is 2.30. The summed E-state index contributed by atoms with van der Waals surface area (Å²) < 4.78 is 0. The molecule has 1 aliphatic rings. The molecule has 7 heteroatoms. The molecule has 1 saturated carbocycles. The normalized spacial score (nSPS) is 22.2. The van der Waals surface area contributed by atoms with Gasteiger partial charge in [-0.2, -0.15) is 0 Å². The number of hydrogen-bond donors (Lipinski definition) is 3. The van der Waals surface area contributed by atoms with Crippen LogP contribution in [0, 0.1) is 5.92 Å². The number of hydrogen-bond acceptors (Lipinski definition) is 6. The maximum Gasteiger partial charge on any atom is 0.263 e. The summed E-state index contributed by atoms with van der Waals surface area (Å²) in [6.45, 7) is 0.481. The standard InChI is InChI=1S/C13H16N4O2S/c14-9-10-13(16-5-4-15-10)20-11(9)12(19)17-6-7-2-1-3-8(7)18/h4-5,7-8,18H,1-3,6,14H2,(H,17,19). The number of nitrogens with zero attached hydrogens (tertiary/aromatic N) is 2. The zero-order chi connectivity index (χ0) is 14.1. The molecule has 0 aromatic carbocycles. The van der Waals surface area contributed by atoms with Gasteiger partial charge in [0.25, 0.3) is 5.91 Å². The fraction of sp³-hybridized carbons (Fsp3) is 0.462. The highest BCUT2D eigenvalue weighted by molar-refractivity contribution is 7.21. The number of nitrogens with two attached hydrogens (primary N) is 1. The van der Waals surface area contributed by atoms with Gasteiger partial charge in [0, 0.05) is 24.9 Å². The predicted octanol–water partition coefficient (Wildman–Crippen LogP) is 1.16. The number of rotatable bonds is 3. The van der Waals surface area contributed by atoms with Crippen LogP contribution in [0.2, 0.25) is 0 Å². The minimum atomic E-state index is -0.307. The monoisotopic (exact) mass is 292 g/mol. The average Bonchev–Trinajstić information content (AvgIpc) is 3.01. The summed E-state index contributed by atoms with van der Waals surface area (Å²) >= 11 is 1.24. The summed E-state index contributed by atoms with van der Waals surface area (Å²) in [5, 5.41) is 12.6. The predicted molar refractivity (Wildman–Crippen MR) is 77.5 cm³/mol. The maximum atomic E-state index is 12.2. The Bertz CT molecular complexity index is 642. The van der Waals surface area contributed by atoms with Gasteiger partial charge in [-0.1, -0.05) is 6.42 Å². The van der Waals surface area contributed by atoms with E-state index >= 15 is 0 Å². The Kier molecular flexibility index (Phi) is 3.54. The van der Waals surface area contributed by atoms with E-state index in [2.05, 4.69) is 15.3 Å². The lowest BCUT2D eigenvalue weighted by Crippen LogP contribution is -2.32. The number of carbonyl (C=O) groups is 1. The number of amides is 1. The van der Waals surface area contributed by atoms with E-state index in [0.29, 0.717) is 27.5 Å². The second-order valence-corrected chi connectivity index (χ2v) is 6.02. The van der Waals surface area contributed by atoms with Gasteiger partial charge in [-0.05, 0) is 12.8 Å². The third-order valence-corrected chi connectivity index (χ3v) is 4.81. The topological polar surface area (TPSA) is 101 Å². The van der Waals surface area contributed by atoms with E-state index in [1.54, 1.807) is 12.4 Å². The molecule has 20 heavy (non-hydrogen) atoms. The molecule has 106 valence electrons. The second kappa shape index (κ2) is 5.34. The molecule has 2 aromatic heterocycles. The van der Waals surface area contributed by atoms with Crippen LogP contribution in [0.1, 0.15) is 28.9 Å². The third kappa shape index (κ3) is 2.34. The van der Waals surface area contributed by atoms with Gasteiger partial charge in [0.15, 0.2) is 0 Å². The molecule has 0 bridgehead atoms. The van der Waals surface area contributed by atoms with Crippen LogP contribution in [0.15, 0.2) is 12.4 Å². The minimum absolute atomic E-state index is 0.144. The van der Waals surface area contributed by atoms with Crippen molar-refractivity contribution in [3.63, 3.8) is 0 Å². The van der Waals surface area contributed by atoms with E-state index in [1.165, 1.54) is 11.3 Å². The van der Waals surface area contributed by atoms with E-state index in [1.807, 2.05) is 0 Å². The number of nitrogen functional groups attached to an aromatic ring is 1. The summed E-state index contributed by atoms with van der Waals surface area (Å²) in [6, 6.07) is 0. The minimum Gasteiger partial charge on any atom is -0.396 e. The maximum absolute atomic E-state index is 12.2. The fourth-order valence-electron chi connectivity index (χ4n) is 2.57. The first kappa shape index (κ1) is 13.3. The lowest BCUT2D eigenvalue weighted by Gasteiger charge is -2.14. The van der Waals surface area contributed by atoms with Crippen LogP contribution < -0.4 is 11.1 Å². The highest BCUT2D eigenvalue weighted by Gasteiger charge is 2.26. The van der Waals surface area contributed by atoms with Gasteiger partial charge in [-0.3, -0.25) is 4.79 Å². The molecule has 2 atom stereocenters. The molecule has 4 N–H and O–H groups in total. The largest absolute Gasteiger partial charge is 0.396 e. The number of carbonyl (C=O) groups excluding carboxylic acids is 1. The molecule has 6 nitrogen and oxygen atoms in total. The zero-order valence-corrected chi connectivity index (χ0v) is 11.7. The number of aliphatic hydroxyl groups is 1. The first-order valence-corrected chi connectivity index (χ1v) is 7.43. The van der Waals surface area contributed by atoms with Crippen molar-refractivity contribution in [2.45, 2.75) is 25.4 Å². The summed E-state index contributed by atoms with van der Waals surface area (Å²) in [6.07, 6.45) is 5.61. The number of aromatic nitrogens is 2. The molecule has 0 spiro atoms. The lowest BCUT2D eigenvalue weighted by atomic mass is 10.1. The van der Waals surface area contributed by atoms with Gasteiger partial charge >= 0.3 is 0 Å². The molecule has 1 fully saturated rings.